The van der Waals surface area contributed by atoms with Gasteiger partial charge in [-0.2, -0.15) is 0 Å². The highest BCUT2D eigenvalue weighted by Gasteiger charge is 2.59. The lowest BCUT2D eigenvalue weighted by Gasteiger charge is -2.61. The summed E-state index contributed by atoms with van der Waals surface area (Å²) in [6.45, 7) is 6.38. The van der Waals surface area contributed by atoms with E-state index in [-0.39, 0.29) is 27.8 Å². The molecule has 0 saturated heterocycles. The molecule has 0 aliphatic heterocycles. The first-order chi connectivity index (χ1) is 11.7. The minimum Gasteiger partial charge on any atom is -0.409 e. The molecule has 1 heterocycles. The maximum atomic E-state index is 12.8. The Labute approximate surface area is 152 Å². The molecular formula is C18H23N3O3S. The van der Waals surface area contributed by atoms with Crippen molar-refractivity contribution < 1.29 is 13.9 Å². The van der Waals surface area contributed by atoms with E-state index in [9.17, 15) is 4.79 Å². The van der Waals surface area contributed by atoms with Crippen LogP contribution in [0, 0.1) is 10.3 Å². The molecule has 2 unspecified atom stereocenters. The van der Waals surface area contributed by atoms with Gasteiger partial charge < -0.3 is 14.1 Å². The first-order valence-electron chi connectivity index (χ1n) is 8.18. The van der Waals surface area contributed by atoms with Crippen molar-refractivity contribution in [3.63, 3.8) is 0 Å². The maximum absolute atomic E-state index is 12.8. The molecule has 25 heavy (non-hydrogen) atoms. The van der Waals surface area contributed by atoms with Crippen molar-refractivity contribution in [3.05, 3.63) is 34.7 Å². The number of carbonyl (C=O) groups excluding carboxylic acids is 1. The van der Waals surface area contributed by atoms with Gasteiger partial charge >= 0.3 is 0 Å². The molecule has 1 aliphatic rings. The highest BCUT2D eigenvalue weighted by molar-refractivity contribution is 7.71. The molecule has 134 valence electrons. The Morgan fingerprint density at radius 3 is 2.48 bits per heavy atom. The molecule has 0 bridgehead atoms. The highest BCUT2D eigenvalue weighted by Crippen LogP contribution is 2.53. The second kappa shape index (κ2) is 6.07. The zero-order valence-electron chi connectivity index (χ0n) is 15.1. The molecule has 0 spiro atoms. The molecule has 1 aliphatic carbocycles. The van der Waals surface area contributed by atoms with Crippen LogP contribution in [0.5, 0.6) is 0 Å². The van der Waals surface area contributed by atoms with E-state index in [2.05, 4.69) is 31.0 Å². The van der Waals surface area contributed by atoms with Crippen molar-refractivity contribution in [1.82, 2.24) is 15.1 Å². The van der Waals surface area contributed by atoms with Crippen molar-refractivity contribution in [2.45, 2.75) is 38.8 Å². The van der Waals surface area contributed by atoms with Crippen molar-refractivity contribution >= 4 is 18.1 Å². The van der Waals surface area contributed by atoms with Gasteiger partial charge in [-0.05, 0) is 49.8 Å². The molecule has 6 nitrogen and oxygen atoms in total. The predicted octanol–water partition coefficient (Wildman–Crippen LogP) is 3.67. The fourth-order valence-electron chi connectivity index (χ4n) is 3.53. The van der Waals surface area contributed by atoms with E-state index in [0.29, 0.717) is 11.5 Å². The summed E-state index contributed by atoms with van der Waals surface area (Å²) in [5, 5.41) is 6.57. The standard InChI is InChI=1S/C18H23N3O3S/c1-17(2)13(10-18(17,3)23-5)21(4)15(22)12-8-6-11(7-9-12)14-19-20-16(25)24-14/h6-9,13H,10H2,1-5H3,(H,20,25). The quantitative estimate of drug-likeness (QED) is 0.841. The number of methoxy groups -OCH3 is 1. The first-order valence-corrected chi connectivity index (χ1v) is 8.59. The van der Waals surface area contributed by atoms with Crippen molar-refractivity contribution in [3.8, 4) is 11.5 Å². The van der Waals surface area contributed by atoms with Gasteiger partial charge in [-0.1, -0.05) is 13.8 Å². The molecule has 1 fully saturated rings. The summed E-state index contributed by atoms with van der Waals surface area (Å²) in [5.74, 6) is 0.402. The van der Waals surface area contributed by atoms with Gasteiger partial charge in [0, 0.05) is 36.7 Å². The first kappa shape index (κ1) is 17.8. The third kappa shape index (κ3) is 2.81. The Morgan fingerprint density at radius 1 is 1.36 bits per heavy atom. The topological polar surface area (TPSA) is 71.4 Å². The summed E-state index contributed by atoms with van der Waals surface area (Å²) in [6, 6.07) is 7.31. The maximum Gasteiger partial charge on any atom is 0.284 e. The number of ether oxygens (including phenoxy) is 1. The zero-order chi connectivity index (χ0) is 18.4. The monoisotopic (exact) mass is 361 g/mol. The summed E-state index contributed by atoms with van der Waals surface area (Å²) in [7, 11) is 3.58. The Morgan fingerprint density at radius 2 is 2.00 bits per heavy atom. The van der Waals surface area contributed by atoms with Gasteiger partial charge in [0.1, 0.15) is 0 Å². The lowest BCUT2D eigenvalue weighted by atomic mass is 9.55. The summed E-state index contributed by atoms with van der Waals surface area (Å²) in [6.07, 6.45) is 0.824. The molecule has 2 atom stereocenters. The predicted molar refractivity (Wildman–Crippen MR) is 96.8 cm³/mol. The number of H-pyrrole nitrogens is 1. The van der Waals surface area contributed by atoms with E-state index in [1.54, 1.807) is 31.4 Å². The lowest BCUT2D eigenvalue weighted by Crippen LogP contribution is -2.68. The van der Waals surface area contributed by atoms with Gasteiger partial charge in [0.25, 0.3) is 10.7 Å². The minimum atomic E-state index is -0.209. The van der Waals surface area contributed by atoms with E-state index in [1.807, 2.05) is 11.9 Å². The van der Waals surface area contributed by atoms with Gasteiger partial charge in [-0.15, -0.1) is 5.10 Å². The second-order valence-electron chi connectivity index (χ2n) is 7.29. The summed E-state index contributed by atoms with van der Waals surface area (Å²) in [5.41, 5.74) is 1.07. The Bertz CT molecular complexity index is 840. The van der Waals surface area contributed by atoms with Gasteiger partial charge in [-0.25, -0.2) is 5.10 Å². The van der Waals surface area contributed by atoms with E-state index in [4.69, 9.17) is 21.4 Å². The molecule has 1 N–H and O–H groups in total. The van der Waals surface area contributed by atoms with Crippen LogP contribution in [0.1, 0.15) is 37.6 Å². The van der Waals surface area contributed by atoms with Gasteiger partial charge in [0.2, 0.25) is 5.89 Å². The number of carbonyl (C=O) groups is 1. The molecule has 2 aromatic rings. The number of nitrogens with one attached hydrogen (secondary N) is 1. The summed E-state index contributed by atoms with van der Waals surface area (Å²) < 4.78 is 10.9. The van der Waals surface area contributed by atoms with E-state index in [1.165, 1.54) is 0 Å². The van der Waals surface area contributed by atoms with Crippen LogP contribution in [-0.2, 0) is 4.74 Å². The van der Waals surface area contributed by atoms with Crippen LogP contribution in [0.25, 0.3) is 11.5 Å². The van der Waals surface area contributed by atoms with Gasteiger partial charge in [0.05, 0.1) is 5.60 Å². The van der Waals surface area contributed by atoms with Crippen LogP contribution < -0.4 is 0 Å². The third-order valence-electron chi connectivity index (χ3n) is 5.83. The van der Waals surface area contributed by atoms with Crippen molar-refractivity contribution in [2.75, 3.05) is 14.2 Å². The van der Waals surface area contributed by atoms with Crippen LogP contribution >= 0.6 is 12.2 Å². The van der Waals surface area contributed by atoms with Gasteiger partial charge in [0.15, 0.2) is 0 Å². The number of nitrogens with zero attached hydrogens (tertiary/aromatic N) is 2. The largest absolute Gasteiger partial charge is 0.409 e. The molecule has 3 rings (SSSR count). The molecule has 7 heteroatoms. The number of hydrogen-bond acceptors (Lipinski definition) is 5. The number of rotatable bonds is 4. The Kier molecular flexibility index (Phi) is 4.33. The Balaban J connectivity index is 1.76. The number of benzene rings is 1. The number of aromatic amines is 1. The highest BCUT2D eigenvalue weighted by atomic mass is 32.1. The summed E-state index contributed by atoms with van der Waals surface area (Å²) >= 11 is 4.88. The zero-order valence-corrected chi connectivity index (χ0v) is 15.9. The SMILES string of the molecule is COC1(C)CC(N(C)C(=O)c2ccc(-c3n[nH]c(=S)o3)cc2)C1(C)C. The Hall–Kier alpha value is -1.99. The van der Waals surface area contributed by atoms with Crippen LogP contribution in [0.3, 0.4) is 0 Å². The second-order valence-corrected chi connectivity index (χ2v) is 7.66. The normalized spacial score (nSPS) is 24.6. The van der Waals surface area contributed by atoms with Crippen LogP contribution in [0.4, 0.5) is 0 Å². The smallest absolute Gasteiger partial charge is 0.284 e. The van der Waals surface area contributed by atoms with Crippen LogP contribution in [-0.4, -0.2) is 46.8 Å². The van der Waals surface area contributed by atoms with Crippen LogP contribution in [0.15, 0.2) is 28.7 Å². The number of hydrogen-bond donors (Lipinski definition) is 1. The fraction of sp³-hybridized carbons (Fsp3) is 0.500. The van der Waals surface area contributed by atoms with E-state index in [0.717, 1.165) is 12.0 Å². The molecule has 1 aromatic carbocycles. The van der Waals surface area contributed by atoms with Gasteiger partial charge in [-0.3, -0.25) is 4.79 Å². The molecule has 1 aromatic heterocycles. The van der Waals surface area contributed by atoms with Crippen molar-refractivity contribution in [1.29, 1.82) is 0 Å². The van der Waals surface area contributed by atoms with Crippen LogP contribution in [0.2, 0.25) is 0 Å². The third-order valence-corrected chi connectivity index (χ3v) is 6.01. The average Bonchev–Trinajstić information content (AvgIpc) is 3.04. The average molecular weight is 361 g/mol. The molecular weight excluding hydrogens is 338 g/mol. The molecule has 0 radical (unpaired) electrons. The minimum absolute atomic E-state index is 0.00861. The van der Waals surface area contributed by atoms with E-state index >= 15 is 0 Å². The fourth-order valence-corrected chi connectivity index (χ4v) is 3.65. The van der Waals surface area contributed by atoms with Crippen molar-refractivity contribution in [2.24, 2.45) is 5.41 Å². The number of aromatic nitrogens is 2. The lowest BCUT2D eigenvalue weighted by molar-refractivity contribution is -0.198. The summed E-state index contributed by atoms with van der Waals surface area (Å²) in [4.78, 5) is 14.9. The van der Waals surface area contributed by atoms with E-state index < -0.39 is 0 Å². The number of amides is 1. The molecule has 1 amide bonds. The molecule has 1 saturated carbocycles.